The maximum Gasteiger partial charge on any atom is 0.183 e. The highest BCUT2D eigenvalue weighted by Crippen LogP contribution is 2.20. The average molecular weight is 307 g/mol. The van der Waals surface area contributed by atoms with Crippen molar-refractivity contribution >= 4 is 5.82 Å². The van der Waals surface area contributed by atoms with E-state index in [9.17, 15) is 5.26 Å². The van der Waals surface area contributed by atoms with Crippen molar-refractivity contribution in [3.8, 4) is 6.07 Å². The van der Waals surface area contributed by atoms with Crippen molar-refractivity contribution in [2.45, 2.75) is 25.9 Å². The van der Waals surface area contributed by atoms with Gasteiger partial charge in [0.15, 0.2) is 11.5 Å². The van der Waals surface area contributed by atoms with Crippen LogP contribution in [0.4, 0.5) is 5.82 Å². The van der Waals surface area contributed by atoms with Crippen LogP contribution < -0.4 is 4.90 Å². The molecule has 5 heteroatoms. The van der Waals surface area contributed by atoms with E-state index in [1.165, 1.54) is 5.56 Å². The third kappa shape index (κ3) is 3.66. The molecular weight excluding hydrogens is 286 g/mol. The Kier molecular flexibility index (Phi) is 4.84. The van der Waals surface area contributed by atoms with E-state index < -0.39 is 0 Å². The number of nitrogens with zero attached hydrogens (tertiary/aromatic N) is 5. The van der Waals surface area contributed by atoms with Crippen molar-refractivity contribution in [1.82, 2.24) is 14.9 Å². The van der Waals surface area contributed by atoms with Gasteiger partial charge in [0.05, 0.1) is 0 Å². The summed E-state index contributed by atoms with van der Waals surface area (Å²) in [6, 6.07) is 13.2. The Bertz CT molecular complexity index is 679. The monoisotopic (exact) mass is 307 g/mol. The molecule has 5 nitrogen and oxygen atoms in total. The van der Waals surface area contributed by atoms with E-state index in [0.29, 0.717) is 17.6 Å². The van der Waals surface area contributed by atoms with Crippen LogP contribution in [0.1, 0.15) is 24.6 Å². The van der Waals surface area contributed by atoms with Crippen molar-refractivity contribution in [2.75, 3.05) is 24.5 Å². The van der Waals surface area contributed by atoms with Gasteiger partial charge in [-0.15, -0.1) is 0 Å². The lowest BCUT2D eigenvalue weighted by atomic mass is 10.1. The smallest absolute Gasteiger partial charge is 0.183 e. The minimum Gasteiger partial charge on any atom is -0.353 e. The Labute approximate surface area is 137 Å². The summed E-state index contributed by atoms with van der Waals surface area (Å²) in [5.74, 6) is 0.712. The summed E-state index contributed by atoms with van der Waals surface area (Å²) in [7, 11) is 0. The normalized spacial score (nSPS) is 19.1. The van der Waals surface area contributed by atoms with Crippen LogP contribution >= 0.6 is 0 Å². The van der Waals surface area contributed by atoms with Crippen molar-refractivity contribution < 1.29 is 0 Å². The van der Waals surface area contributed by atoms with Gasteiger partial charge in [0.25, 0.3) is 0 Å². The molecule has 2 aromatic rings. The SMILES string of the molecule is C[C@@H]1CCN(c2nccnc2C#N)CCN1Cc1ccccc1. The topological polar surface area (TPSA) is 56.1 Å². The Balaban J connectivity index is 1.72. The third-order valence-corrected chi connectivity index (χ3v) is 4.41. The highest BCUT2D eigenvalue weighted by Gasteiger charge is 2.23. The number of aromatic nitrogens is 2. The highest BCUT2D eigenvalue weighted by molar-refractivity contribution is 5.49. The molecule has 0 radical (unpaired) electrons. The van der Waals surface area contributed by atoms with E-state index in [-0.39, 0.29) is 0 Å². The molecule has 23 heavy (non-hydrogen) atoms. The van der Waals surface area contributed by atoms with Crippen molar-refractivity contribution in [2.24, 2.45) is 0 Å². The van der Waals surface area contributed by atoms with Gasteiger partial charge in [-0.25, -0.2) is 9.97 Å². The van der Waals surface area contributed by atoms with Gasteiger partial charge in [-0.3, -0.25) is 4.90 Å². The summed E-state index contributed by atoms with van der Waals surface area (Å²) >= 11 is 0. The molecule has 1 atom stereocenters. The van der Waals surface area contributed by atoms with Gasteiger partial charge in [0, 0.05) is 44.6 Å². The summed E-state index contributed by atoms with van der Waals surface area (Å²) in [5.41, 5.74) is 1.75. The Hall–Kier alpha value is -2.45. The molecule has 3 rings (SSSR count). The van der Waals surface area contributed by atoms with Crippen LogP contribution in [0.2, 0.25) is 0 Å². The second-order valence-corrected chi connectivity index (χ2v) is 5.92. The fourth-order valence-corrected chi connectivity index (χ4v) is 3.01. The van der Waals surface area contributed by atoms with Crippen LogP contribution in [0.15, 0.2) is 42.7 Å². The zero-order valence-electron chi connectivity index (χ0n) is 13.4. The second kappa shape index (κ2) is 7.21. The molecule has 1 aliphatic rings. The van der Waals surface area contributed by atoms with Gasteiger partial charge in [-0.1, -0.05) is 30.3 Å². The predicted octanol–water partition coefficient (Wildman–Crippen LogP) is 2.45. The number of rotatable bonds is 3. The van der Waals surface area contributed by atoms with Gasteiger partial charge in [0.1, 0.15) is 6.07 Å². The molecule has 1 aromatic carbocycles. The van der Waals surface area contributed by atoms with Gasteiger partial charge < -0.3 is 4.90 Å². The molecule has 1 saturated heterocycles. The number of nitriles is 1. The van der Waals surface area contributed by atoms with Crippen molar-refractivity contribution in [1.29, 1.82) is 5.26 Å². The van der Waals surface area contributed by atoms with Gasteiger partial charge >= 0.3 is 0 Å². The maximum absolute atomic E-state index is 9.23. The average Bonchev–Trinajstić information content (AvgIpc) is 2.78. The molecule has 1 aliphatic heterocycles. The van der Waals surface area contributed by atoms with E-state index in [2.05, 4.69) is 63.1 Å². The van der Waals surface area contributed by atoms with Crippen LogP contribution in [0.25, 0.3) is 0 Å². The van der Waals surface area contributed by atoms with Gasteiger partial charge in [0.2, 0.25) is 0 Å². The molecule has 0 unspecified atom stereocenters. The van der Waals surface area contributed by atoms with Gasteiger partial charge in [-0.05, 0) is 18.9 Å². The number of benzene rings is 1. The number of hydrogen-bond acceptors (Lipinski definition) is 5. The summed E-state index contributed by atoms with van der Waals surface area (Å²) in [4.78, 5) is 13.2. The first-order chi connectivity index (χ1) is 11.3. The molecular formula is C18H21N5. The fraction of sp³-hybridized carbons (Fsp3) is 0.389. The molecule has 0 bridgehead atoms. The van der Waals surface area contributed by atoms with Crippen LogP contribution in [-0.2, 0) is 6.54 Å². The Morgan fingerprint density at radius 1 is 1.13 bits per heavy atom. The van der Waals surface area contributed by atoms with E-state index in [4.69, 9.17) is 0 Å². The Morgan fingerprint density at radius 3 is 2.70 bits per heavy atom. The van der Waals surface area contributed by atoms with Crippen LogP contribution in [0.3, 0.4) is 0 Å². The van der Waals surface area contributed by atoms with E-state index >= 15 is 0 Å². The minimum atomic E-state index is 0.414. The first-order valence-corrected chi connectivity index (χ1v) is 8.02. The first-order valence-electron chi connectivity index (χ1n) is 8.02. The molecule has 118 valence electrons. The highest BCUT2D eigenvalue weighted by atomic mass is 15.3. The number of hydrogen-bond donors (Lipinski definition) is 0. The molecule has 2 heterocycles. The molecule has 0 amide bonds. The van der Waals surface area contributed by atoms with Crippen LogP contribution in [0.5, 0.6) is 0 Å². The Morgan fingerprint density at radius 2 is 1.91 bits per heavy atom. The van der Waals surface area contributed by atoms with Crippen molar-refractivity contribution in [3.63, 3.8) is 0 Å². The lowest BCUT2D eigenvalue weighted by Crippen LogP contribution is -2.34. The van der Waals surface area contributed by atoms with Gasteiger partial charge in [-0.2, -0.15) is 5.26 Å². The fourth-order valence-electron chi connectivity index (χ4n) is 3.01. The van der Waals surface area contributed by atoms with Crippen molar-refractivity contribution in [3.05, 3.63) is 54.0 Å². The summed E-state index contributed by atoms with van der Waals surface area (Å²) in [5, 5.41) is 9.23. The van der Waals surface area contributed by atoms with E-state index in [1.54, 1.807) is 12.4 Å². The molecule has 1 aromatic heterocycles. The van der Waals surface area contributed by atoms with E-state index in [0.717, 1.165) is 32.6 Å². The second-order valence-electron chi connectivity index (χ2n) is 5.92. The summed E-state index contributed by atoms with van der Waals surface area (Å²) < 4.78 is 0. The van der Waals surface area contributed by atoms with E-state index in [1.807, 2.05) is 0 Å². The maximum atomic E-state index is 9.23. The third-order valence-electron chi connectivity index (χ3n) is 4.41. The van der Waals surface area contributed by atoms with Crippen LogP contribution in [0, 0.1) is 11.3 Å². The largest absolute Gasteiger partial charge is 0.353 e. The summed E-state index contributed by atoms with van der Waals surface area (Å²) in [6.45, 7) is 5.96. The lowest BCUT2D eigenvalue weighted by molar-refractivity contribution is 0.212. The minimum absolute atomic E-state index is 0.414. The molecule has 0 aliphatic carbocycles. The standard InChI is InChI=1S/C18H21N5/c1-15-7-10-22(18-17(13-19)20-8-9-21-18)11-12-23(15)14-16-5-3-2-4-6-16/h2-6,8-9,15H,7,10-12,14H2,1H3/t15-/m1/s1. The predicted molar refractivity (Wildman–Crippen MR) is 89.9 cm³/mol. The van der Waals surface area contributed by atoms with Crippen LogP contribution in [-0.4, -0.2) is 40.5 Å². The lowest BCUT2D eigenvalue weighted by Gasteiger charge is -2.26. The quantitative estimate of drug-likeness (QED) is 0.872. The molecule has 0 spiro atoms. The molecule has 0 N–H and O–H groups in total. The molecule has 1 fully saturated rings. The molecule has 0 saturated carbocycles. The first kappa shape index (κ1) is 15.4. The summed E-state index contributed by atoms with van der Waals surface area (Å²) in [6.07, 6.45) is 4.28. The zero-order chi connectivity index (χ0) is 16.1. The zero-order valence-corrected chi connectivity index (χ0v) is 13.4. The number of anilines is 1.